The Labute approximate surface area is 111 Å². The molecule has 0 aromatic carbocycles. The van der Waals surface area contributed by atoms with Crippen LogP contribution in [-0.2, 0) is 4.79 Å². The summed E-state index contributed by atoms with van der Waals surface area (Å²) < 4.78 is 0. The molecule has 3 nitrogen and oxygen atoms in total. The number of rotatable bonds is 7. The summed E-state index contributed by atoms with van der Waals surface area (Å²) in [6.07, 6.45) is 2.10. The number of unbranched alkanes of at least 4 members (excludes halogenated alkanes) is 1. The van der Waals surface area contributed by atoms with Gasteiger partial charge in [-0.1, -0.05) is 25.8 Å². The Hall–Kier alpha value is -0.580. The molecular formula is C12H18ClNO2S. The third-order valence-corrected chi connectivity index (χ3v) is 3.72. The number of nitrogens with one attached hydrogen (secondary N) is 1. The van der Waals surface area contributed by atoms with Gasteiger partial charge in [-0.05, 0) is 17.9 Å². The molecule has 0 saturated heterocycles. The highest BCUT2D eigenvalue weighted by Gasteiger charge is 2.23. The largest absolute Gasteiger partial charge is 0.391 e. The highest BCUT2D eigenvalue weighted by atomic mass is 35.5. The lowest BCUT2D eigenvalue weighted by Crippen LogP contribution is -2.36. The van der Waals surface area contributed by atoms with E-state index in [0.29, 0.717) is 6.42 Å². The van der Waals surface area contributed by atoms with Gasteiger partial charge in [-0.2, -0.15) is 0 Å². The fourth-order valence-electron chi connectivity index (χ4n) is 1.62. The summed E-state index contributed by atoms with van der Waals surface area (Å²) in [6, 6.07) is 3.48. The summed E-state index contributed by atoms with van der Waals surface area (Å²) in [5, 5.41) is 14.8. The molecule has 1 amide bonds. The molecule has 5 heteroatoms. The molecule has 96 valence electrons. The number of alkyl halides is 1. The topological polar surface area (TPSA) is 49.3 Å². The number of aliphatic hydroxyl groups excluding tert-OH is 1. The van der Waals surface area contributed by atoms with E-state index < -0.39 is 6.10 Å². The first-order valence-corrected chi connectivity index (χ1v) is 7.17. The van der Waals surface area contributed by atoms with Crippen LogP contribution in [-0.4, -0.2) is 23.0 Å². The molecule has 0 fully saturated rings. The molecule has 17 heavy (non-hydrogen) atoms. The summed E-state index contributed by atoms with van der Waals surface area (Å²) >= 11 is 7.00. The van der Waals surface area contributed by atoms with Crippen LogP contribution in [0.4, 0.5) is 0 Å². The van der Waals surface area contributed by atoms with Crippen molar-refractivity contribution in [1.29, 1.82) is 0 Å². The Morgan fingerprint density at radius 1 is 1.65 bits per heavy atom. The first-order valence-electron chi connectivity index (χ1n) is 5.75. The number of hydrogen-bond donors (Lipinski definition) is 2. The van der Waals surface area contributed by atoms with E-state index in [-0.39, 0.29) is 17.8 Å². The average Bonchev–Trinajstić information content (AvgIpc) is 2.86. The lowest BCUT2D eigenvalue weighted by atomic mass is 10.0. The quantitative estimate of drug-likeness (QED) is 0.752. The van der Waals surface area contributed by atoms with E-state index in [9.17, 15) is 9.90 Å². The van der Waals surface area contributed by atoms with Crippen LogP contribution in [0.25, 0.3) is 0 Å². The monoisotopic (exact) mass is 275 g/mol. The predicted molar refractivity (Wildman–Crippen MR) is 71.5 cm³/mol. The first-order chi connectivity index (χ1) is 8.19. The molecule has 0 aliphatic rings. The van der Waals surface area contributed by atoms with E-state index in [1.54, 1.807) is 0 Å². The van der Waals surface area contributed by atoms with Gasteiger partial charge in [-0.3, -0.25) is 4.79 Å². The van der Waals surface area contributed by atoms with Crippen LogP contribution in [0, 0.1) is 0 Å². The van der Waals surface area contributed by atoms with Gasteiger partial charge in [-0.15, -0.1) is 22.9 Å². The molecule has 0 radical (unpaired) electrons. The van der Waals surface area contributed by atoms with Crippen molar-refractivity contribution < 1.29 is 9.90 Å². The molecule has 1 aromatic rings. The van der Waals surface area contributed by atoms with Gasteiger partial charge in [-0.25, -0.2) is 0 Å². The molecule has 0 aliphatic heterocycles. The molecule has 2 N–H and O–H groups in total. The number of aliphatic hydroxyl groups is 1. The number of carbonyl (C=O) groups excluding carboxylic acids is 1. The van der Waals surface area contributed by atoms with Gasteiger partial charge in [0, 0.05) is 4.88 Å². The molecule has 1 heterocycles. The molecule has 0 aliphatic carbocycles. The Kier molecular flexibility index (Phi) is 6.55. The van der Waals surface area contributed by atoms with Crippen LogP contribution < -0.4 is 5.32 Å². The molecule has 1 aromatic heterocycles. The normalized spacial score (nSPS) is 14.3. The van der Waals surface area contributed by atoms with Gasteiger partial charge in [0.2, 0.25) is 5.91 Å². The van der Waals surface area contributed by atoms with Crippen LogP contribution >= 0.6 is 22.9 Å². The second-order valence-corrected chi connectivity index (χ2v) is 5.15. The summed E-state index contributed by atoms with van der Waals surface area (Å²) in [6.45, 7) is 2.07. The van der Waals surface area contributed by atoms with Gasteiger partial charge >= 0.3 is 0 Å². The van der Waals surface area contributed by atoms with Crippen molar-refractivity contribution in [2.24, 2.45) is 0 Å². The van der Waals surface area contributed by atoms with Crippen molar-refractivity contribution in [3.05, 3.63) is 22.4 Å². The molecule has 0 saturated carbocycles. The van der Waals surface area contributed by atoms with Gasteiger partial charge in [0.15, 0.2) is 0 Å². The maximum absolute atomic E-state index is 11.3. The van der Waals surface area contributed by atoms with Crippen molar-refractivity contribution >= 4 is 28.8 Å². The number of carbonyl (C=O) groups is 1. The number of halogens is 1. The van der Waals surface area contributed by atoms with E-state index in [2.05, 4.69) is 12.2 Å². The van der Waals surface area contributed by atoms with E-state index in [0.717, 1.165) is 17.7 Å². The van der Waals surface area contributed by atoms with Gasteiger partial charge in [0.25, 0.3) is 0 Å². The zero-order valence-electron chi connectivity index (χ0n) is 9.86. The Balaban J connectivity index is 2.68. The minimum atomic E-state index is -0.555. The molecule has 0 unspecified atom stereocenters. The van der Waals surface area contributed by atoms with Crippen LogP contribution in [0.3, 0.4) is 0 Å². The Bertz CT molecular complexity index is 329. The van der Waals surface area contributed by atoms with Crippen molar-refractivity contribution in [3.8, 4) is 0 Å². The lowest BCUT2D eigenvalue weighted by molar-refractivity contribution is -0.120. The van der Waals surface area contributed by atoms with Crippen molar-refractivity contribution in [2.75, 3.05) is 5.88 Å². The highest BCUT2D eigenvalue weighted by molar-refractivity contribution is 7.10. The standard InChI is InChI=1S/C12H18ClNO2S/c1-2-3-5-9(15)12(14-11(16)8-13)10-6-4-7-17-10/h4,6-7,9,12,15H,2-3,5,8H2,1H3,(H,14,16)/t9-,12+/m1/s1. The predicted octanol–water partition coefficient (Wildman–Crippen LogP) is 2.70. The number of amides is 1. The Morgan fingerprint density at radius 2 is 2.41 bits per heavy atom. The van der Waals surface area contributed by atoms with Gasteiger partial charge in [0.05, 0.1) is 12.1 Å². The van der Waals surface area contributed by atoms with E-state index >= 15 is 0 Å². The third-order valence-electron chi connectivity index (χ3n) is 2.53. The molecule has 1 rings (SSSR count). The minimum absolute atomic E-state index is 0.0810. The summed E-state index contributed by atoms with van der Waals surface area (Å²) in [5.74, 6) is -0.330. The van der Waals surface area contributed by atoms with Gasteiger partial charge in [0.1, 0.15) is 5.88 Å². The van der Waals surface area contributed by atoms with Crippen molar-refractivity contribution in [2.45, 2.75) is 38.3 Å². The maximum atomic E-state index is 11.3. The minimum Gasteiger partial charge on any atom is -0.391 e. The van der Waals surface area contributed by atoms with Crippen molar-refractivity contribution in [1.82, 2.24) is 5.32 Å². The number of hydrogen-bond acceptors (Lipinski definition) is 3. The molecular weight excluding hydrogens is 258 g/mol. The van der Waals surface area contributed by atoms with Crippen molar-refractivity contribution in [3.63, 3.8) is 0 Å². The third kappa shape index (κ3) is 4.66. The SMILES string of the molecule is CCCC[C@@H](O)[C@H](NC(=O)CCl)c1cccs1. The van der Waals surface area contributed by atoms with Crippen LogP contribution in [0.2, 0.25) is 0 Å². The van der Waals surface area contributed by atoms with E-state index in [1.807, 2.05) is 17.5 Å². The second kappa shape index (κ2) is 7.69. The fraction of sp³-hybridized carbons (Fsp3) is 0.583. The lowest BCUT2D eigenvalue weighted by Gasteiger charge is -2.22. The maximum Gasteiger partial charge on any atom is 0.235 e. The molecule has 2 atom stereocenters. The van der Waals surface area contributed by atoms with Crippen LogP contribution in [0.5, 0.6) is 0 Å². The number of thiophene rings is 1. The zero-order valence-corrected chi connectivity index (χ0v) is 11.4. The Morgan fingerprint density at radius 3 is 2.94 bits per heavy atom. The second-order valence-electron chi connectivity index (χ2n) is 3.90. The van der Waals surface area contributed by atoms with E-state index in [4.69, 9.17) is 11.6 Å². The summed E-state index contributed by atoms with van der Waals surface area (Å²) in [5.41, 5.74) is 0. The summed E-state index contributed by atoms with van der Waals surface area (Å²) in [4.78, 5) is 12.3. The smallest absolute Gasteiger partial charge is 0.235 e. The molecule has 0 spiro atoms. The average molecular weight is 276 g/mol. The van der Waals surface area contributed by atoms with Crippen LogP contribution in [0.1, 0.15) is 37.1 Å². The van der Waals surface area contributed by atoms with Crippen LogP contribution in [0.15, 0.2) is 17.5 Å². The summed E-state index contributed by atoms with van der Waals surface area (Å²) in [7, 11) is 0. The fourth-order valence-corrected chi connectivity index (χ4v) is 2.53. The highest BCUT2D eigenvalue weighted by Crippen LogP contribution is 2.24. The molecule has 0 bridgehead atoms. The van der Waals surface area contributed by atoms with E-state index in [1.165, 1.54) is 11.3 Å². The zero-order chi connectivity index (χ0) is 12.7. The van der Waals surface area contributed by atoms with Gasteiger partial charge < -0.3 is 10.4 Å². The first kappa shape index (κ1) is 14.5.